The fourth-order valence-electron chi connectivity index (χ4n) is 2.84. The zero-order valence-electron chi connectivity index (χ0n) is 9.94. The third kappa shape index (κ3) is 1.95. The number of fused-ring (bicyclic) bond motifs is 1. The van der Waals surface area contributed by atoms with Crippen molar-refractivity contribution in [2.75, 3.05) is 40.8 Å². The number of likely N-dealkylation sites (N-methyl/N-ethyl adjacent to an activating group) is 1. The summed E-state index contributed by atoms with van der Waals surface area (Å²) in [5.41, 5.74) is 0. The third-order valence-corrected chi connectivity index (χ3v) is 3.71. The molecule has 86 valence electrons. The molecule has 2 fully saturated rings. The number of nitrogens with zero attached hydrogens (tertiary/aromatic N) is 3. The topological polar surface area (TPSA) is 26.8 Å². The Balaban J connectivity index is 2.01. The lowest BCUT2D eigenvalue weighted by Gasteiger charge is -2.33. The molecule has 2 atom stereocenters. The molecule has 0 N–H and O–H groups in total. The fraction of sp³-hybridized carbons (Fsp3) is 0.909. The van der Waals surface area contributed by atoms with E-state index in [0.29, 0.717) is 12.0 Å². The van der Waals surface area contributed by atoms with Crippen molar-refractivity contribution >= 4 is 6.03 Å². The molecular weight excluding hydrogens is 190 g/mol. The molecule has 4 nitrogen and oxygen atoms in total. The molecule has 0 bridgehead atoms. The van der Waals surface area contributed by atoms with Gasteiger partial charge >= 0.3 is 6.03 Å². The van der Waals surface area contributed by atoms with E-state index in [9.17, 15) is 4.79 Å². The van der Waals surface area contributed by atoms with E-state index in [1.165, 1.54) is 19.4 Å². The van der Waals surface area contributed by atoms with Crippen LogP contribution in [0, 0.1) is 5.92 Å². The lowest BCUT2D eigenvalue weighted by atomic mass is 9.93. The second kappa shape index (κ2) is 4.00. The fourth-order valence-corrected chi connectivity index (χ4v) is 2.84. The highest BCUT2D eigenvalue weighted by Crippen LogP contribution is 2.29. The number of rotatable bonds is 0. The van der Waals surface area contributed by atoms with Crippen LogP contribution in [0.3, 0.4) is 0 Å². The van der Waals surface area contributed by atoms with Gasteiger partial charge in [0.15, 0.2) is 0 Å². The first-order valence-corrected chi connectivity index (χ1v) is 5.76. The van der Waals surface area contributed by atoms with Gasteiger partial charge < -0.3 is 14.7 Å². The van der Waals surface area contributed by atoms with Crippen LogP contribution in [0.15, 0.2) is 0 Å². The van der Waals surface area contributed by atoms with Gasteiger partial charge in [0, 0.05) is 33.2 Å². The Labute approximate surface area is 91.8 Å². The Morgan fingerprint density at radius 1 is 1.33 bits per heavy atom. The standard InChI is InChI=1S/C11H21N3O/c1-12(2)11(15)14-7-9-5-4-6-13(3)10(9)8-14/h9-10H,4-8H2,1-3H3. The smallest absolute Gasteiger partial charge is 0.319 e. The van der Waals surface area contributed by atoms with Gasteiger partial charge in [-0.05, 0) is 32.4 Å². The van der Waals surface area contributed by atoms with Crippen LogP contribution < -0.4 is 0 Å². The predicted molar refractivity (Wildman–Crippen MR) is 59.8 cm³/mol. The summed E-state index contributed by atoms with van der Waals surface area (Å²) in [7, 11) is 5.84. The molecule has 2 heterocycles. The van der Waals surface area contributed by atoms with Crippen LogP contribution in [-0.4, -0.2) is 67.5 Å². The van der Waals surface area contributed by atoms with Gasteiger partial charge in [-0.2, -0.15) is 0 Å². The van der Waals surface area contributed by atoms with E-state index in [0.717, 1.165) is 13.1 Å². The molecule has 2 rings (SSSR count). The van der Waals surface area contributed by atoms with Crippen LogP contribution in [0.5, 0.6) is 0 Å². The van der Waals surface area contributed by atoms with Gasteiger partial charge in [0.05, 0.1) is 0 Å². The number of urea groups is 1. The van der Waals surface area contributed by atoms with Gasteiger partial charge in [-0.25, -0.2) is 4.79 Å². The molecule has 2 amide bonds. The van der Waals surface area contributed by atoms with Crippen LogP contribution in [-0.2, 0) is 0 Å². The van der Waals surface area contributed by atoms with E-state index in [4.69, 9.17) is 0 Å². The highest BCUT2D eigenvalue weighted by molar-refractivity contribution is 5.74. The maximum Gasteiger partial charge on any atom is 0.319 e. The summed E-state index contributed by atoms with van der Waals surface area (Å²) in [5, 5.41) is 0. The van der Waals surface area contributed by atoms with Crippen molar-refractivity contribution in [3.8, 4) is 0 Å². The van der Waals surface area contributed by atoms with Gasteiger partial charge in [-0.1, -0.05) is 0 Å². The number of carbonyl (C=O) groups excluding carboxylic acids is 1. The molecule has 0 aliphatic carbocycles. The molecule has 0 saturated carbocycles. The van der Waals surface area contributed by atoms with Gasteiger partial charge in [-0.3, -0.25) is 0 Å². The second-order valence-electron chi connectivity index (χ2n) is 5.03. The minimum absolute atomic E-state index is 0.165. The van der Waals surface area contributed by atoms with Gasteiger partial charge in [0.25, 0.3) is 0 Å². The summed E-state index contributed by atoms with van der Waals surface area (Å²) in [6.07, 6.45) is 2.56. The maximum absolute atomic E-state index is 11.8. The number of amides is 2. The van der Waals surface area contributed by atoms with E-state index in [2.05, 4.69) is 11.9 Å². The molecule has 0 aromatic heterocycles. The summed E-state index contributed by atoms with van der Waals surface area (Å²) in [6.45, 7) is 3.05. The average molecular weight is 211 g/mol. The maximum atomic E-state index is 11.8. The first-order chi connectivity index (χ1) is 7.09. The van der Waals surface area contributed by atoms with Crippen LogP contribution >= 0.6 is 0 Å². The summed E-state index contributed by atoms with van der Waals surface area (Å²) in [5.74, 6) is 0.702. The number of hydrogen-bond donors (Lipinski definition) is 0. The molecule has 4 heteroatoms. The molecule has 0 radical (unpaired) electrons. The molecule has 2 saturated heterocycles. The highest BCUT2D eigenvalue weighted by atomic mass is 16.2. The van der Waals surface area contributed by atoms with Crippen LogP contribution in [0.4, 0.5) is 4.79 Å². The summed E-state index contributed by atoms with van der Waals surface area (Å²) in [4.78, 5) is 17.9. The predicted octanol–water partition coefficient (Wildman–Crippen LogP) is 0.694. The lowest BCUT2D eigenvalue weighted by molar-refractivity contribution is 0.155. The van der Waals surface area contributed by atoms with Crippen molar-refractivity contribution in [2.45, 2.75) is 18.9 Å². The van der Waals surface area contributed by atoms with Crippen molar-refractivity contribution in [2.24, 2.45) is 5.92 Å². The summed E-state index contributed by atoms with van der Waals surface area (Å²) in [6, 6.07) is 0.764. The van der Waals surface area contributed by atoms with Gasteiger partial charge in [-0.15, -0.1) is 0 Å². The zero-order valence-corrected chi connectivity index (χ0v) is 9.94. The Bertz CT molecular complexity index is 254. The molecule has 2 unspecified atom stereocenters. The minimum Gasteiger partial charge on any atom is -0.331 e. The molecule has 0 spiro atoms. The van der Waals surface area contributed by atoms with E-state index >= 15 is 0 Å². The normalized spacial score (nSPS) is 31.5. The summed E-state index contributed by atoms with van der Waals surface area (Å²) >= 11 is 0. The SMILES string of the molecule is CN(C)C(=O)N1CC2CCCN(C)C2C1. The minimum atomic E-state index is 0.165. The van der Waals surface area contributed by atoms with E-state index in [1.54, 1.807) is 4.90 Å². The van der Waals surface area contributed by atoms with Gasteiger partial charge in [0.1, 0.15) is 0 Å². The molecule has 15 heavy (non-hydrogen) atoms. The first kappa shape index (κ1) is 10.7. The number of hydrogen-bond acceptors (Lipinski definition) is 2. The van der Waals surface area contributed by atoms with Crippen molar-refractivity contribution < 1.29 is 4.79 Å². The number of carbonyl (C=O) groups is 1. The average Bonchev–Trinajstić information content (AvgIpc) is 2.61. The quantitative estimate of drug-likeness (QED) is 0.589. The van der Waals surface area contributed by atoms with Crippen LogP contribution in [0.25, 0.3) is 0 Å². The van der Waals surface area contributed by atoms with Crippen molar-refractivity contribution in [3.63, 3.8) is 0 Å². The van der Waals surface area contributed by atoms with E-state index in [1.807, 2.05) is 19.0 Å². The Kier molecular flexibility index (Phi) is 2.87. The molecule has 2 aliphatic rings. The molecule has 0 aromatic rings. The Morgan fingerprint density at radius 3 is 2.67 bits per heavy atom. The van der Waals surface area contributed by atoms with Crippen LogP contribution in [0.1, 0.15) is 12.8 Å². The number of piperidine rings is 1. The van der Waals surface area contributed by atoms with Crippen molar-refractivity contribution in [3.05, 3.63) is 0 Å². The third-order valence-electron chi connectivity index (χ3n) is 3.71. The number of likely N-dealkylation sites (tertiary alicyclic amines) is 2. The second-order valence-corrected chi connectivity index (χ2v) is 5.03. The van der Waals surface area contributed by atoms with E-state index in [-0.39, 0.29) is 6.03 Å². The Morgan fingerprint density at radius 2 is 2.07 bits per heavy atom. The molecular formula is C11H21N3O. The largest absolute Gasteiger partial charge is 0.331 e. The van der Waals surface area contributed by atoms with Crippen LogP contribution in [0.2, 0.25) is 0 Å². The Hall–Kier alpha value is -0.770. The van der Waals surface area contributed by atoms with Crippen molar-refractivity contribution in [1.82, 2.24) is 14.7 Å². The zero-order chi connectivity index (χ0) is 11.0. The first-order valence-electron chi connectivity index (χ1n) is 5.76. The highest BCUT2D eigenvalue weighted by Gasteiger charge is 2.39. The summed E-state index contributed by atoms with van der Waals surface area (Å²) < 4.78 is 0. The molecule has 0 aromatic carbocycles. The lowest BCUT2D eigenvalue weighted by Crippen LogP contribution is -2.43. The van der Waals surface area contributed by atoms with Gasteiger partial charge in [0.2, 0.25) is 0 Å². The molecule has 2 aliphatic heterocycles. The van der Waals surface area contributed by atoms with Crippen molar-refractivity contribution in [1.29, 1.82) is 0 Å². The monoisotopic (exact) mass is 211 g/mol. The van der Waals surface area contributed by atoms with E-state index < -0.39 is 0 Å².